The van der Waals surface area contributed by atoms with Crippen molar-refractivity contribution in [1.82, 2.24) is 9.80 Å². The second-order valence-corrected chi connectivity index (χ2v) is 7.16. The third kappa shape index (κ3) is 4.95. The van der Waals surface area contributed by atoms with Crippen LogP contribution in [0.1, 0.15) is 24.8 Å². The fraction of sp³-hybridized carbons (Fsp3) is 0.579. The van der Waals surface area contributed by atoms with Crippen LogP contribution in [-0.4, -0.2) is 61.0 Å². The Hall–Kier alpha value is -1.59. The summed E-state index contributed by atoms with van der Waals surface area (Å²) in [5.74, 6) is 0.460. The Morgan fingerprint density at radius 2 is 1.64 bits per heavy atom. The van der Waals surface area contributed by atoms with Gasteiger partial charge in [-0.1, -0.05) is 23.7 Å². The largest absolute Gasteiger partial charge is 0.378 e. The zero-order chi connectivity index (χ0) is 17.6. The molecule has 0 N–H and O–H groups in total. The van der Waals surface area contributed by atoms with Crippen LogP contribution in [0, 0.1) is 5.92 Å². The maximum Gasteiger partial charge on any atom is 0.225 e. The highest BCUT2D eigenvalue weighted by Crippen LogP contribution is 2.21. The molecule has 1 aromatic carbocycles. The number of hydrogen-bond acceptors (Lipinski definition) is 3. The van der Waals surface area contributed by atoms with Crippen LogP contribution in [0.4, 0.5) is 0 Å². The second-order valence-electron chi connectivity index (χ2n) is 6.72. The number of carbonyl (C=O) groups excluding carboxylic acids is 2. The number of hydrogen-bond donors (Lipinski definition) is 0. The molecule has 0 atom stereocenters. The lowest BCUT2D eigenvalue weighted by Gasteiger charge is -2.35. The first kappa shape index (κ1) is 18.2. The summed E-state index contributed by atoms with van der Waals surface area (Å²) in [7, 11) is 0. The predicted molar refractivity (Wildman–Crippen MR) is 96.5 cm³/mol. The van der Waals surface area contributed by atoms with E-state index in [2.05, 4.69) is 0 Å². The third-order valence-electron chi connectivity index (χ3n) is 5.06. The zero-order valence-corrected chi connectivity index (χ0v) is 15.2. The predicted octanol–water partition coefficient (Wildman–Crippen LogP) is 2.37. The summed E-state index contributed by atoms with van der Waals surface area (Å²) in [5, 5.41) is 0.710. The highest BCUT2D eigenvalue weighted by atomic mass is 35.5. The summed E-state index contributed by atoms with van der Waals surface area (Å²) < 4.78 is 5.30. The van der Waals surface area contributed by atoms with E-state index >= 15 is 0 Å². The zero-order valence-electron chi connectivity index (χ0n) is 14.5. The smallest absolute Gasteiger partial charge is 0.225 e. The number of morpholine rings is 1. The van der Waals surface area contributed by atoms with Gasteiger partial charge in [-0.15, -0.1) is 0 Å². The molecule has 0 radical (unpaired) electrons. The Balaban J connectivity index is 1.42. The number of benzene rings is 1. The molecule has 0 aromatic heterocycles. The highest BCUT2D eigenvalue weighted by Gasteiger charge is 2.30. The van der Waals surface area contributed by atoms with E-state index in [0.29, 0.717) is 50.8 Å². The molecule has 2 saturated heterocycles. The van der Waals surface area contributed by atoms with E-state index in [0.717, 1.165) is 24.8 Å². The Labute approximate surface area is 153 Å². The van der Waals surface area contributed by atoms with E-state index in [1.54, 1.807) is 0 Å². The molecule has 0 saturated carbocycles. The summed E-state index contributed by atoms with van der Waals surface area (Å²) in [4.78, 5) is 28.7. The van der Waals surface area contributed by atoms with Crippen molar-refractivity contribution in [3.8, 4) is 0 Å². The molecule has 2 fully saturated rings. The van der Waals surface area contributed by atoms with E-state index < -0.39 is 0 Å². The van der Waals surface area contributed by atoms with E-state index in [4.69, 9.17) is 16.3 Å². The minimum atomic E-state index is 0.0541. The van der Waals surface area contributed by atoms with Gasteiger partial charge in [0.1, 0.15) is 0 Å². The number of carbonyl (C=O) groups is 2. The van der Waals surface area contributed by atoms with Gasteiger partial charge in [-0.3, -0.25) is 9.59 Å². The normalized spacial score (nSPS) is 19.1. The number of aryl methyl sites for hydroxylation is 1. The molecular formula is C19H25ClN2O3. The maximum absolute atomic E-state index is 12.5. The first-order chi connectivity index (χ1) is 12.1. The molecule has 3 rings (SSSR count). The van der Waals surface area contributed by atoms with Crippen LogP contribution in [0.5, 0.6) is 0 Å². The Morgan fingerprint density at radius 1 is 1.00 bits per heavy atom. The van der Waals surface area contributed by atoms with Gasteiger partial charge in [0, 0.05) is 43.5 Å². The van der Waals surface area contributed by atoms with Crippen molar-refractivity contribution in [1.29, 1.82) is 0 Å². The number of likely N-dealkylation sites (tertiary alicyclic amines) is 1. The topological polar surface area (TPSA) is 49.9 Å². The molecule has 2 aliphatic heterocycles. The van der Waals surface area contributed by atoms with Gasteiger partial charge in [0.2, 0.25) is 11.8 Å². The standard InChI is InChI=1S/C19H25ClN2O3/c20-17-4-1-15(2-5-17)3-6-18(23)21-9-7-16(8-10-21)19(24)22-11-13-25-14-12-22/h1-2,4-5,16H,3,6-14H2. The Kier molecular flexibility index (Phi) is 6.32. The van der Waals surface area contributed by atoms with E-state index in [1.165, 1.54) is 0 Å². The van der Waals surface area contributed by atoms with Crippen LogP contribution < -0.4 is 0 Å². The van der Waals surface area contributed by atoms with Crippen molar-refractivity contribution < 1.29 is 14.3 Å². The molecule has 2 heterocycles. The van der Waals surface area contributed by atoms with Gasteiger partial charge in [0.05, 0.1) is 13.2 Å². The van der Waals surface area contributed by atoms with Crippen LogP contribution in [-0.2, 0) is 20.7 Å². The van der Waals surface area contributed by atoms with Crippen molar-refractivity contribution >= 4 is 23.4 Å². The van der Waals surface area contributed by atoms with E-state index in [-0.39, 0.29) is 17.7 Å². The van der Waals surface area contributed by atoms with Crippen molar-refractivity contribution in [2.45, 2.75) is 25.7 Å². The molecular weight excluding hydrogens is 340 g/mol. The van der Waals surface area contributed by atoms with Gasteiger partial charge in [-0.25, -0.2) is 0 Å². The minimum Gasteiger partial charge on any atom is -0.378 e. The third-order valence-corrected chi connectivity index (χ3v) is 5.31. The number of rotatable bonds is 4. The van der Waals surface area contributed by atoms with Gasteiger partial charge in [-0.2, -0.15) is 0 Å². The van der Waals surface area contributed by atoms with Crippen molar-refractivity contribution in [2.24, 2.45) is 5.92 Å². The van der Waals surface area contributed by atoms with Crippen LogP contribution >= 0.6 is 11.6 Å². The SMILES string of the molecule is O=C(CCc1ccc(Cl)cc1)N1CCC(C(=O)N2CCOCC2)CC1. The first-order valence-electron chi connectivity index (χ1n) is 9.02. The molecule has 1 aromatic rings. The lowest BCUT2D eigenvalue weighted by Crippen LogP contribution is -2.47. The number of halogens is 1. The van der Waals surface area contributed by atoms with E-state index in [1.807, 2.05) is 34.1 Å². The lowest BCUT2D eigenvalue weighted by atomic mass is 9.94. The molecule has 0 spiro atoms. The molecule has 0 unspecified atom stereocenters. The highest BCUT2D eigenvalue weighted by molar-refractivity contribution is 6.30. The van der Waals surface area contributed by atoms with E-state index in [9.17, 15) is 9.59 Å². The van der Waals surface area contributed by atoms with Crippen molar-refractivity contribution in [3.05, 3.63) is 34.9 Å². The molecule has 2 amide bonds. The Bertz CT molecular complexity index is 591. The molecule has 2 aliphatic rings. The number of amides is 2. The van der Waals surface area contributed by atoms with Crippen LogP contribution in [0.3, 0.4) is 0 Å². The molecule has 0 bridgehead atoms. The number of ether oxygens (including phenoxy) is 1. The summed E-state index contributed by atoms with van der Waals surface area (Å²) in [5.41, 5.74) is 1.12. The molecule has 136 valence electrons. The van der Waals surface area contributed by atoms with Crippen LogP contribution in [0.2, 0.25) is 5.02 Å². The van der Waals surface area contributed by atoms with Gasteiger partial charge >= 0.3 is 0 Å². The second kappa shape index (κ2) is 8.68. The summed E-state index contributed by atoms with van der Waals surface area (Å²) >= 11 is 5.88. The Morgan fingerprint density at radius 3 is 2.28 bits per heavy atom. The minimum absolute atomic E-state index is 0.0541. The van der Waals surface area contributed by atoms with Gasteiger partial charge in [0.25, 0.3) is 0 Å². The number of nitrogens with zero attached hydrogens (tertiary/aromatic N) is 2. The molecule has 6 heteroatoms. The van der Waals surface area contributed by atoms with Crippen LogP contribution in [0.25, 0.3) is 0 Å². The van der Waals surface area contributed by atoms with Crippen LogP contribution in [0.15, 0.2) is 24.3 Å². The number of piperidine rings is 1. The first-order valence-corrected chi connectivity index (χ1v) is 9.40. The monoisotopic (exact) mass is 364 g/mol. The van der Waals surface area contributed by atoms with Gasteiger partial charge in [-0.05, 0) is 37.0 Å². The summed E-state index contributed by atoms with van der Waals surface area (Å²) in [6.45, 7) is 4.01. The molecule has 25 heavy (non-hydrogen) atoms. The fourth-order valence-corrected chi connectivity index (χ4v) is 3.60. The molecule has 5 nitrogen and oxygen atoms in total. The van der Waals surface area contributed by atoms with Gasteiger partial charge < -0.3 is 14.5 Å². The lowest BCUT2D eigenvalue weighted by molar-refractivity contribution is -0.143. The summed E-state index contributed by atoms with van der Waals surface area (Å²) in [6, 6.07) is 7.62. The quantitative estimate of drug-likeness (QED) is 0.824. The summed E-state index contributed by atoms with van der Waals surface area (Å²) in [6.07, 6.45) is 2.76. The van der Waals surface area contributed by atoms with Gasteiger partial charge in [0.15, 0.2) is 0 Å². The maximum atomic E-state index is 12.5. The fourth-order valence-electron chi connectivity index (χ4n) is 3.48. The average molecular weight is 365 g/mol. The average Bonchev–Trinajstić information content (AvgIpc) is 2.67. The molecule has 0 aliphatic carbocycles. The van der Waals surface area contributed by atoms with Crippen molar-refractivity contribution in [2.75, 3.05) is 39.4 Å². The van der Waals surface area contributed by atoms with Crippen molar-refractivity contribution in [3.63, 3.8) is 0 Å².